The van der Waals surface area contributed by atoms with Crippen LogP contribution in [0.2, 0.25) is 0 Å². The normalized spacial score (nSPS) is 10.4. The summed E-state index contributed by atoms with van der Waals surface area (Å²) in [6.45, 7) is 6.43. The summed E-state index contributed by atoms with van der Waals surface area (Å²) in [4.78, 5) is 23.7. The van der Waals surface area contributed by atoms with Crippen LogP contribution in [0.25, 0.3) is 0 Å². The van der Waals surface area contributed by atoms with Crippen molar-refractivity contribution in [2.45, 2.75) is 27.3 Å². The Balaban J connectivity index is 2.05. The molecule has 0 saturated carbocycles. The Bertz CT molecular complexity index is 785. The van der Waals surface area contributed by atoms with E-state index < -0.39 is 0 Å². The molecular formula is C21H26N2O4. The first kappa shape index (κ1) is 20.3. The lowest BCUT2D eigenvalue weighted by atomic mass is 10.1. The number of ether oxygens (including phenoxy) is 2. The molecule has 0 atom stereocenters. The zero-order valence-electron chi connectivity index (χ0n) is 16.2. The third kappa shape index (κ3) is 6.33. The van der Waals surface area contributed by atoms with E-state index in [9.17, 15) is 9.59 Å². The van der Waals surface area contributed by atoms with E-state index in [4.69, 9.17) is 9.47 Å². The van der Waals surface area contributed by atoms with Gasteiger partial charge in [-0.05, 0) is 35.7 Å². The van der Waals surface area contributed by atoms with Gasteiger partial charge in [-0.25, -0.2) is 0 Å². The van der Waals surface area contributed by atoms with Crippen molar-refractivity contribution in [1.82, 2.24) is 5.32 Å². The molecule has 2 rings (SSSR count). The summed E-state index contributed by atoms with van der Waals surface area (Å²) in [5.41, 5.74) is 2.11. The van der Waals surface area contributed by atoms with Gasteiger partial charge >= 0.3 is 0 Å². The molecule has 0 aliphatic heterocycles. The van der Waals surface area contributed by atoms with Crippen molar-refractivity contribution in [3.63, 3.8) is 0 Å². The number of carbonyl (C=O) groups excluding carboxylic acids is 2. The highest BCUT2D eigenvalue weighted by molar-refractivity contribution is 5.97. The minimum atomic E-state index is -0.220. The van der Waals surface area contributed by atoms with Gasteiger partial charge in [0.25, 0.3) is 5.91 Å². The maximum absolute atomic E-state index is 12.6. The van der Waals surface area contributed by atoms with Crippen LogP contribution in [0.5, 0.6) is 11.5 Å². The second-order valence-corrected chi connectivity index (χ2v) is 6.63. The van der Waals surface area contributed by atoms with E-state index in [0.717, 1.165) is 11.3 Å². The highest BCUT2D eigenvalue weighted by Gasteiger charge is 2.14. The molecule has 0 aliphatic carbocycles. The molecule has 0 bridgehead atoms. The monoisotopic (exact) mass is 370 g/mol. The van der Waals surface area contributed by atoms with Crippen molar-refractivity contribution in [3.05, 3.63) is 53.6 Å². The van der Waals surface area contributed by atoms with Crippen LogP contribution in [0, 0.1) is 5.92 Å². The van der Waals surface area contributed by atoms with Crippen LogP contribution in [0.15, 0.2) is 42.5 Å². The fraction of sp³-hybridized carbons (Fsp3) is 0.333. The third-order valence-electron chi connectivity index (χ3n) is 3.73. The maximum Gasteiger partial charge on any atom is 0.255 e. The zero-order chi connectivity index (χ0) is 19.8. The van der Waals surface area contributed by atoms with Gasteiger partial charge in [0.2, 0.25) is 5.91 Å². The van der Waals surface area contributed by atoms with Crippen LogP contribution in [0.1, 0.15) is 36.7 Å². The van der Waals surface area contributed by atoms with Crippen LogP contribution in [0.3, 0.4) is 0 Å². The fourth-order valence-electron chi connectivity index (χ4n) is 2.38. The van der Waals surface area contributed by atoms with Crippen molar-refractivity contribution in [2.24, 2.45) is 5.92 Å². The van der Waals surface area contributed by atoms with E-state index in [1.807, 2.05) is 26.0 Å². The van der Waals surface area contributed by atoms with Crippen molar-refractivity contribution >= 4 is 17.5 Å². The first-order valence-electron chi connectivity index (χ1n) is 8.84. The smallest absolute Gasteiger partial charge is 0.255 e. The Labute approximate surface area is 159 Å². The lowest BCUT2D eigenvalue weighted by Gasteiger charge is -2.14. The summed E-state index contributed by atoms with van der Waals surface area (Å²) in [5, 5.41) is 5.60. The number of amides is 2. The van der Waals surface area contributed by atoms with Crippen LogP contribution in [-0.2, 0) is 11.3 Å². The van der Waals surface area contributed by atoms with Gasteiger partial charge in [0.15, 0.2) is 0 Å². The molecule has 0 saturated heterocycles. The molecule has 27 heavy (non-hydrogen) atoms. The number of hydrogen-bond acceptors (Lipinski definition) is 4. The summed E-state index contributed by atoms with van der Waals surface area (Å²) >= 11 is 0. The number of anilines is 1. The number of nitrogens with one attached hydrogen (secondary N) is 2. The van der Waals surface area contributed by atoms with Crippen LogP contribution in [0.4, 0.5) is 5.69 Å². The third-order valence-corrected chi connectivity index (χ3v) is 3.73. The molecule has 2 aromatic rings. The highest BCUT2D eigenvalue weighted by Crippen LogP contribution is 2.25. The molecule has 2 amide bonds. The van der Waals surface area contributed by atoms with Gasteiger partial charge in [-0.2, -0.15) is 0 Å². The van der Waals surface area contributed by atoms with Gasteiger partial charge in [0, 0.05) is 25.2 Å². The van der Waals surface area contributed by atoms with Crippen molar-refractivity contribution < 1.29 is 19.1 Å². The molecule has 2 aromatic carbocycles. The Morgan fingerprint density at radius 1 is 1.07 bits per heavy atom. The molecule has 0 spiro atoms. The summed E-state index contributed by atoms with van der Waals surface area (Å²) < 4.78 is 11.0. The Kier molecular flexibility index (Phi) is 7.23. The largest absolute Gasteiger partial charge is 0.497 e. The molecule has 0 unspecified atom stereocenters. The van der Waals surface area contributed by atoms with E-state index in [2.05, 4.69) is 10.6 Å². The van der Waals surface area contributed by atoms with E-state index in [0.29, 0.717) is 36.1 Å². The molecule has 0 heterocycles. The fourth-order valence-corrected chi connectivity index (χ4v) is 2.38. The van der Waals surface area contributed by atoms with Crippen molar-refractivity contribution in [2.75, 3.05) is 19.0 Å². The predicted molar refractivity (Wildman–Crippen MR) is 105 cm³/mol. The molecule has 144 valence electrons. The highest BCUT2D eigenvalue weighted by atomic mass is 16.5. The predicted octanol–water partition coefficient (Wildman–Crippen LogP) is 3.62. The summed E-state index contributed by atoms with van der Waals surface area (Å²) in [6.07, 6.45) is 0. The summed E-state index contributed by atoms with van der Waals surface area (Å²) in [7, 11) is 1.58. The molecule has 6 nitrogen and oxygen atoms in total. The molecule has 0 radical (unpaired) electrons. The minimum absolute atomic E-state index is 0.121. The molecule has 0 fully saturated rings. The first-order chi connectivity index (χ1) is 12.9. The Hall–Kier alpha value is -3.02. The van der Waals surface area contributed by atoms with Crippen molar-refractivity contribution in [3.8, 4) is 11.5 Å². The molecule has 0 aliphatic rings. The average Bonchev–Trinajstić information content (AvgIpc) is 2.64. The molecule has 2 N–H and O–H groups in total. The Morgan fingerprint density at radius 2 is 1.78 bits per heavy atom. The van der Waals surface area contributed by atoms with Gasteiger partial charge in [-0.15, -0.1) is 0 Å². The van der Waals surface area contributed by atoms with Gasteiger partial charge in [0.1, 0.15) is 11.5 Å². The topological polar surface area (TPSA) is 76.7 Å². The van der Waals surface area contributed by atoms with Crippen LogP contribution in [-0.4, -0.2) is 25.5 Å². The van der Waals surface area contributed by atoms with E-state index in [-0.39, 0.29) is 11.8 Å². The number of benzene rings is 2. The van der Waals surface area contributed by atoms with E-state index in [1.165, 1.54) is 6.92 Å². The summed E-state index contributed by atoms with van der Waals surface area (Å²) in [6, 6.07) is 12.5. The number of methoxy groups -OCH3 is 1. The van der Waals surface area contributed by atoms with Gasteiger partial charge < -0.3 is 20.1 Å². The standard InChI is InChI=1S/C21H26N2O4/c1-14(2)13-27-20-11-18(26-4)9-10-19(20)21(25)22-12-16-5-7-17(8-6-16)23-15(3)24/h5-11,14H,12-13H2,1-4H3,(H,22,25)(H,23,24). The lowest BCUT2D eigenvalue weighted by Crippen LogP contribution is -2.23. The number of hydrogen-bond donors (Lipinski definition) is 2. The maximum atomic E-state index is 12.6. The minimum Gasteiger partial charge on any atom is -0.497 e. The Morgan fingerprint density at radius 3 is 2.37 bits per heavy atom. The molecule has 0 aromatic heterocycles. The van der Waals surface area contributed by atoms with E-state index in [1.54, 1.807) is 37.4 Å². The average molecular weight is 370 g/mol. The number of carbonyl (C=O) groups is 2. The van der Waals surface area contributed by atoms with Crippen molar-refractivity contribution in [1.29, 1.82) is 0 Å². The van der Waals surface area contributed by atoms with Gasteiger partial charge in [0.05, 0.1) is 19.3 Å². The van der Waals surface area contributed by atoms with Gasteiger partial charge in [-0.3, -0.25) is 9.59 Å². The SMILES string of the molecule is COc1ccc(C(=O)NCc2ccc(NC(C)=O)cc2)c(OCC(C)C)c1. The van der Waals surface area contributed by atoms with E-state index >= 15 is 0 Å². The molecule has 6 heteroatoms. The quantitative estimate of drug-likeness (QED) is 0.744. The summed E-state index contributed by atoms with van der Waals surface area (Å²) in [5.74, 6) is 1.14. The van der Waals surface area contributed by atoms with Crippen LogP contribution >= 0.6 is 0 Å². The van der Waals surface area contributed by atoms with Gasteiger partial charge in [-0.1, -0.05) is 26.0 Å². The number of rotatable bonds is 8. The second-order valence-electron chi connectivity index (χ2n) is 6.63. The second kappa shape index (κ2) is 9.62. The first-order valence-corrected chi connectivity index (χ1v) is 8.84. The molecular weight excluding hydrogens is 344 g/mol. The van der Waals surface area contributed by atoms with Crippen LogP contribution < -0.4 is 20.1 Å². The lowest BCUT2D eigenvalue weighted by molar-refractivity contribution is -0.114. The zero-order valence-corrected chi connectivity index (χ0v) is 16.2.